The third kappa shape index (κ3) is 2.26. The second-order valence-electron chi connectivity index (χ2n) is 5.78. The van der Waals surface area contributed by atoms with Gasteiger partial charge in [-0.1, -0.05) is 15.9 Å². The number of aliphatic hydroxyl groups is 1. The molecule has 1 aliphatic rings. The van der Waals surface area contributed by atoms with Crippen LogP contribution in [0.2, 0.25) is 0 Å². The number of halogens is 1. The molecule has 1 aromatic heterocycles. The fourth-order valence-corrected chi connectivity index (χ4v) is 3.29. The molecule has 21 heavy (non-hydrogen) atoms. The molecule has 1 heterocycles. The molecule has 0 unspecified atom stereocenters. The van der Waals surface area contributed by atoms with Gasteiger partial charge in [0.25, 0.3) is 0 Å². The molecular weight excluding hydrogens is 332 g/mol. The van der Waals surface area contributed by atoms with E-state index in [0.29, 0.717) is 17.7 Å². The minimum atomic E-state index is -1.01. The Morgan fingerprint density at radius 1 is 1.43 bits per heavy atom. The molecule has 108 valence electrons. The molecule has 0 spiro atoms. The van der Waals surface area contributed by atoms with Crippen molar-refractivity contribution < 1.29 is 9.90 Å². The van der Waals surface area contributed by atoms with E-state index in [4.69, 9.17) is 5.73 Å². The molecular formula is C16H15BrN2O2. The Kier molecular flexibility index (Phi) is 3.15. The first-order valence-electron chi connectivity index (χ1n) is 6.62. The zero-order valence-corrected chi connectivity index (χ0v) is 13.4. The minimum absolute atomic E-state index is 0.428. The second-order valence-corrected chi connectivity index (χ2v) is 6.63. The lowest BCUT2D eigenvalue weighted by molar-refractivity contribution is 0.0739. The van der Waals surface area contributed by atoms with Crippen molar-refractivity contribution in [2.75, 3.05) is 0 Å². The number of hydrogen-bond donors (Lipinski definition) is 2. The standard InChI is InChI=1S/C16H15BrN2O2/c1-16(2,21)13-6-10-8(7-19-13)5-11-9(15(18)20)3-4-12(17)14(10)11/h3-4,6-7,21H,5H2,1-2H3,(H2,18,20). The monoisotopic (exact) mass is 346 g/mol. The summed E-state index contributed by atoms with van der Waals surface area (Å²) in [6, 6.07) is 5.45. The van der Waals surface area contributed by atoms with E-state index in [9.17, 15) is 9.90 Å². The molecule has 0 aliphatic heterocycles. The lowest BCUT2D eigenvalue weighted by Crippen LogP contribution is -2.17. The maximum absolute atomic E-state index is 11.6. The second kappa shape index (κ2) is 4.64. The number of hydrogen-bond acceptors (Lipinski definition) is 3. The molecule has 0 bridgehead atoms. The van der Waals surface area contributed by atoms with Crippen LogP contribution in [0.1, 0.15) is 41.0 Å². The topological polar surface area (TPSA) is 76.2 Å². The maximum Gasteiger partial charge on any atom is 0.249 e. The van der Waals surface area contributed by atoms with Gasteiger partial charge in [-0.05, 0) is 48.7 Å². The van der Waals surface area contributed by atoms with E-state index in [1.807, 2.05) is 12.1 Å². The molecule has 3 N–H and O–H groups in total. The first kappa shape index (κ1) is 14.2. The van der Waals surface area contributed by atoms with Crippen LogP contribution in [0.15, 0.2) is 28.9 Å². The van der Waals surface area contributed by atoms with Crippen LogP contribution < -0.4 is 5.73 Å². The van der Waals surface area contributed by atoms with E-state index in [2.05, 4.69) is 20.9 Å². The quantitative estimate of drug-likeness (QED) is 0.748. The van der Waals surface area contributed by atoms with Crippen molar-refractivity contribution in [3.05, 3.63) is 51.3 Å². The highest BCUT2D eigenvalue weighted by Gasteiger charge is 2.28. The number of nitrogens with zero attached hydrogens (tertiary/aromatic N) is 1. The van der Waals surface area contributed by atoms with Crippen molar-refractivity contribution in [3.63, 3.8) is 0 Å². The molecule has 0 saturated heterocycles. The predicted molar refractivity (Wildman–Crippen MR) is 83.9 cm³/mol. The highest BCUT2D eigenvalue weighted by atomic mass is 79.9. The molecule has 0 fully saturated rings. The Morgan fingerprint density at radius 3 is 2.76 bits per heavy atom. The summed E-state index contributed by atoms with van der Waals surface area (Å²) in [6.45, 7) is 3.40. The van der Waals surface area contributed by atoms with Gasteiger partial charge >= 0.3 is 0 Å². The Bertz CT molecular complexity index is 764. The third-order valence-electron chi connectivity index (χ3n) is 3.78. The molecule has 2 aromatic rings. The van der Waals surface area contributed by atoms with Crippen molar-refractivity contribution >= 4 is 21.8 Å². The van der Waals surface area contributed by atoms with Gasteiger partial charge < -0.3 is 10.8 Å². The first-order valence-corrected chi connectivity index (χ1v) is 7.41. The largest absolute Gasteiger partial charge is 0.384 e. The first-order chi connectivity index (χ1) is 9.79. The van der Waals surface area contributed by atoms with Gasteiger partial charge in [0.1, 0.15) is 5.60 Å². The van der Waals surface area contributed by atoms with E-state index in [1.165, 1.54) is 0 Å². The number of fused-ring (bicyclic) bond motifs is 3. The molecule has 0 radical (unpaired) electrons. The number of nitrogens with two attached hydrogens (primary N) is 1. The Labute approximate surface area is 131 Å². The summed E-state index contributed by atoms with van der Waals surface area (Å²) in [5.74, 6) is -0.428. The van der Waals surface area contributed by atoms with Crippen LogP contribution in [0.3, 0.4) is 0 Å². The zero-order chi connectivity index (χ0) is 15.4. The van der Waals surface area contributed by atoms with Gasteiger partial charge in [-0.2, -0.15) is 0 Å². The van der Waals surface area contributed by atoms with E-state index >= 15 is 0 Å². The summed E-state index contributed by atoms with van der Waals surface area (Å²) in [4.78, 5) is 15.9. The number of pyridine rings is 1. The smallest absolute Gasteiger partial charge is 0.249 e. The highest BCUT2D eigenvalue weighted by molar-refractivity contribution is 9.10. The number of rotatable bonds is 2. The maximum atomic E-state index is 11.6. The molecule has 0 atom stereocenters. The number of amides is 1. The number of carbonyl (C=O) groups excluding carboxylic acids is 1. The fraction of sp³-hybridized carbons (Fsp3) is 0.250. The van der Waals surface area contributed by atoms with Gasteiger partial charge in [0, 0.05) is 28.2 Å². The molecule has 1 aliphatic carbocycles. The van der Waals surface area contributed by atoms with Crippen LogP contribution in [0.4, 0.5) is 0 Å². The summed E-state index contributed by atoms with van der Waals surface area (Å²) >= 11 is 3.54. The normalized spacial score (nSPS) is 13.0. The predicted octanol–water partition coefficient (Wildman–Crippen LogP) is 2.74. The Balaban J connectivity index is 2.26. The summed E-state index contributed by atoms with van der Waals surface area (Å²) in [6.07, 6.45) is 2.39. The van der Waals surface area contributed by atoms with Crippen molar-refractivity contribution in [2.45, 2.75) is 25.9 Å². The molecule has 3 rings (SSSR count). The van der Waals surface area contributed by atoms with Crippen LogP contribution in [0.5, 0.6) is 0 Å². The Morgan fingerprint density at radius 2 is 2.14 bits per heavy atom. The van der Waals surface area contributed by atoms with Gasteiger partial charge in [0.05, 0.1) is 5.69 Å². The summed E-state index contributed by atoms with van der Waals surface area (Å²) in [7, 11) is 0. The summed E-state index contributed by atoms with van der Waals surface area (Å²) in [5, 5.41) is 10.1. The van der Waals surface area contributed by atoms with Crippen molar-refractivity contribution in [1.29, 1.82) is 0 Å². The van der Waals surface area contributed by atoms with E-state index in [-0.39, 0.29) is 0 Å². The molecule has 0 saturated carbocycles. The number of benzene rings is 1. The van der Waals surface area contributed by atoms with Crippen molar-refractivity contribution in [2.24, 2.45) is 5.73 Å². The number of carbonyl (C=O) groups is 1. The number of primary amides is 1. The van der Waals surface area contributed by atoms with E-state index < -0.39 is 11.5 Å². The third-order valence-corrected chi connectivity index (χ3v) is 4.44. The average Bonchev–Trinajstić information content (AvgIpc) is 2.76. The van der Waals surface area contributed by atoms with Crippen LogP contribution >= 0.6 is 15.9 Å². The minimum Gasteiger partial charge on any atom is -0.384 e. The van der Waals surface area contributed by atoms with Crippen LogP contribution in [-0.2, 0) is 12.0 Å². The van der Waals surface area contributed by atoms with Crippen LogP contribution in [0, 0.1) is 0 Å². The summed E-state index contributed by atoms with van der Waals surface area (Å²) < 4.78 is 0.911. The highest BCUT2D eigenvalue weighted by Crippen LogP contribution is 2.43. The lowest BCUT2D eigenvalue weighted by atomic mass is 9.98. The van der Waals surface area contributed by atoms with E-state index in [1.54, 1.807) is 26.1 Å². The van der Waals surface area contributed by atoms with Crippen LogP contribution in [-0.4, -0.2) is 16.0 Å². The Hall–Kier alpha value is -1.72. The van der Waals surface area contributed by atoms with Crippen molar-refractivity contribution in [3.8, 4) is 11.1 Å². The molecule has 4 nitrogen and oxygen atoms in total. The lowest BCUT2D eigenvalue weighted by Gasteiger charge is -2.17. The van der Waals surface area contributed by atoms with Gasteiger partial charge in [-0.15, -0.1) is 0 Å². The average molecular weight is 347 g/mol. The van der Waals surface area contributed by atoms with Crippen molar-refractivity contribution in [1.82, 2.24) is 4.98 Å². The van der Waals surface area contributed by atoms with Crippen LogP contribution in [0.25, 0.3) is 11.1 Å². The van der Waals surface area contributed by atoms with Gasteiger partial charge in [0.15, 0.2) is 0 Å². The van der Waals surface area contributed by atoms with Gasteiger partial charge in [-0.3, -0.25) is 9.78 Å². The van der Waals surface area contributed by atoms with Gasteiger partial charge in [0.2, 0.25) is 5.91 Å². The molecule has 1 aromatic carbocycles. The van der Waals surface area contributed by atoms with E-state index in [0.717, 1.165) is 26.7 Å². The zero-order valence-electron chi connectivity index (χ0n) is 11.8. The molecule has 1 amide bonds. The number of aromatic nitrogens is 1. The molecule has 5 heteroatoms. The SMILES string of the molecule is CC(C)(O)c1cc2c(cn1)Cc1c(C(N)=O)ccc(Br)c1-2. The summed E-state index contributed by atoms with van der Waals surface area (Å²) in [5.41, 5.74) is 9.50. The fourth-order valence-electron chi connectivity index (χ4n) is 2.71. The van der Waals surface area contributed by atoms with Gasteiger partial charge in [-0.25, -0.2) is 0 Å².